The molecule has 1 aromatic carbocycles. The number of hydrogen-bond acceptors (Lipinski definition) is 2. The molecule has 0 amide bonds. The average molecular weight is 230 g/mol. The Morgan fingerprint density at radius 2 is 2.00 bits per heavy atom. The van der Waals surface area contributed by atoms with Crippen LogP contribution in [0.25, 0.3) is 0 Å². The van der Waals surface area contributed by atoms with Gasteiger partial charge in [-0.05, 0) is 19.3 Å². The number of benzene rings is 1. The number of carbonyl (C=O) groups is 1. The summed E-state index contributed by atoms with van der Waals surface area (Å²) >= 11 is 0. The molecular formula is C15H18O2. The lowest BCUT2D eigenvalue weighted by molar-refractivity contribution is 0.0425. The summed E-state index contributed by atoms with van der Waals surface area (Å²) in [6.45, 7) is 0. The Balaban J connectivity index is 1.78. The van der Waals surface area contributed by atoms with Crippen molar-refractivity contribution < 1.29 is 9.90 Å². The van der Waals surface area contributed by atoms with E-state index in [0.717, 1.165) is 37.7 Å². The molecule has 2 nitrogen and oxygen atoms in total. The lowest BCUT2D eigenvalue weighted by Gasteiger charge is -2.28. The van der Waals surface area contributed by atoms with E-state index in [2.05, 4.69) is 0 Å². The molecule has 1 aromatic rings. The molecule has 2 aliphatic carbocycles. The second kappa shape index (κ2) is 3.95. The van der Waals surface area contributed by atoms with Gasteiger partial charge in [0.1, 0.15) is 0 Å². The van der Waals surface area contributed by atoms with Crippen molar-refractivity contribution in [2.45, 2.75) is 38.2 Å². The molecule has 0 unspecified atom stereocenters. The predicted molar refractivity (Wildman–Crippen MR) is 65.8 cm³/mol. The molecule has 2 fully saturated rings. The molecule has 2 saturated carbocycles. The van der Waals surface area contributed by atoms with Crippen molar-refractivity contribution in [3.8, 4) is 0 Å². The monoisotopic (exact) mass is 230 g/mol. The maximum Gasteiger partial charge on any atom is 0.166 e. The summed E-state index contributed by atoms with van der Waals surface area (Å²) in [5.74, 6) is 0.298. The maximum atomic E-state index is 12.3. The Morgan fingerprint density at radius 1 is 1.24 bits per heavy atom. The van der Waals surface area contributed by atoms with E-state index in [0.29, 0.717) is 0 Å². The van der Waals surface area contributed by atoms with Crippen LogP contribution < -0.4 is 0 Å². The highest BCUT2D eigenvalue weighted by Crippen LogP contribution is 2.62. The third-order valence-electron chi connectivity index (χ3n) is 4.53. The van der Waals surface area contributed by atoms with Crippen molar-refractivity contribution in [1.29, 1.82) is 0 Å². The van der Waals surface area contributed by atoms with E-state index < -0.39 is 0 Å². The van der Waals surface area contributed by atoms with Gasteiger partial charge in [0.15, 0.2) is 5.78 Å². The molecule has 0 bridgehead atoms. The third kappa shape index (κ3) is 1.71. The summed E-state index contributed by atoms with van der Waals surface area (Å²) in [6, 6.07) is 9.49. The number of aliphatic hydroxyl groups is 1. The normalized spacial score (nSPS) is 35.8. The molecule has 3 atom stereocenters. The molecule has 0 aliphatic heterocycles. The molecular weight excluding hydrogens is 212 g/mol. The fourth-order valence-corrected chi connectivity index (χ4v) is 3.37. The number of aliphatic hydroxyl groups excluding tert-OH is 1. The first kappa shape index (κ1) is 11.0. The highest BCUT2D eigenvalue weighted by molar-refractivity contribution is 6.00. The highest BCUT2D eigenvalue weighted by atomic mass is 16.3. The molecule has 0 saturated heterocycles. The second-order valence-corrected chi connectivity index (χ2v) is 5.48. The smallest absolute Gasteiger partial charge is 0.166 e. The molecule has 1 spiro atoms. The zero-order valence-corrected chi connectivity index (χ0v) is 9.93. The van der Waals surface area contributed by atoms with Gasteiger partial charge in [-0.1, -0.05) is 43.2 Å². The van der Waals surface area contributed by atoms with Crippen LogP contribution in [0.1, 0.15) is 42.5 Å². The van der Waals surface area contributed by atoms with Gasteiger partial charge in [0.25, 0.3) is 0 Å². The third-order valence-corrected chi connectivity index (χ3v) is 4.53. The number of rotatable bonds is 2. The van der Waals surface area contributed by atoms with Gasteiger partial charge in [-0.3, -0.25) is 4.79 Å². The first-order valence-corrected chi connectivity index (χ1v) is 6.51. The SMILES string of the molecule is O=C(c1ccccc1)[C@H]1C[C@]12CCCC[C@H]2O. The number of hydrogen-bond donors (Lipinski definition) is 1. The minimum Gasteiger partial charge on any atom is -0.393 e. The number of ketones is 1. The van der Waals surface area contributed by atoms with Gasteiger partial charge in [0.05, 0.1) is 6.10 Å². The van der Waals surface area contributed by atoms with E-state index >= 15 is 0 Å². The van der Waals surface area contributed by atoms with Gasteiger partial charge in [0, 0.05) is 16.9 Å². The Hall–Kier alpha value is -1.15. The molecule has 17 heavy (non-hydrogen) atoms. The van der Waals surface area contributed by atoms with Crippen LogP contribution in [0.15, 0.2) is 30.3 Å². The largest absolute Gasteiger partial charge is 0.393 e. The Bertz CT molecular complexity index is 426. The van der Waals surface area contributed by atoms with Crippen LogP contribution in [-0.2, 0) is 0 Å². The minimum atomic E-state index is -0.256. The number of carbonyl (C=O) groups excluding carboxylic acids is 1. The fraction of sp³-hybridized carbons (Fsp3) is 0.533. The molecule has 3 rings (SSSR count). The van der Waals surface area contributed by atoms with E-state index in [1.165, 1.54) is 0 Å². The van der Waals surface area contributed by atoms with Crippen LogP contribution in [0.3, 0.4) is 0 Å². The molecule has 0 heterocycles. The van der Waals surface area contributed by atoms with E-state index in [-0.39, 0.29) is 23.2 Å². The van der Waals surface area contributed by atoms with Crippen molar-refractivity contribution in [2.75, 3.05) is 0 Å². The number of Topliss-reactive ketones (excluding diaryl/α,β-unsaturated/α-hetero) is 1. The summed E-state index contributed by atoms with van der Waals surface area (Å²) < 4.78 is 0. The van der Waals surface area contributed by atoms with Gasteiger partial charge in [-0.15, -0.1) is 0 Å². The van der Waals surface area contributed by atoms with Crippen LogP contribution in [0.2, 0.25) is 0 Å². The van der Waals surface area contributed by atoms with Crippen LogP contribution >= 0.6 is 0 Å². The Morgan fingerprint density at radius 3 is 2.71 bits per heavy atom. The van der Waals surface area contributed by atoms with Crippen molar-refractivity contribution in [3.63, 3.8) is 0 Å². The molecule has 1 N–H and O–H groups in total. The van der Waals surface area contributed by atoms with Gasteiger partial charge in [-0.25, -0.2) is 0 Å². The summed E-state index contributed by atoms with van der Waals surface area (Å²) in [4.78, 5) is 12.3. The van der Waals surface area contributed by atoms with Gasteiger partial charge in [-0.2, -0.15) is 0 Å². The topological polar surface area (TPSA) is 37.3 Å². The van der Waals surface area contributed by atoms with Gasteiger partial charge >= 0.3 is 0 Å². The van der Waals surface area contributed by atoms with Crippen LogP contribution in [0.5, 0.6) is 0 Å². The molecule has 90 valence electrons. The second-order valence-electron chi connectivity index (χ2n) is 5.48. The van der Waals surface area contributed by atoms with Gasteiger partial charge in [0.2, 0.25) is 0 Å². The van der Waals surface area contributed by atoms with E-state index in [4.69, 9.17) is 0 Å². The summed E-state index contributed by atoms with van der Waals surface area (Å²) in [5, 5.41) is 10.1. The molecule has 2 heteroatoms. The maximum absolute atomic E-state index is 12.3. The Kier molecular flexibility index (Phi) is 2.55. The fourth-order valence-electron chi connectivity index (χ4n) is 3.37. The quantitative estimate of drug-likeness (QED) is 0.793. The predicted octanol–water partition coefficient (Wildman–Crippen LogP) is 2.81. The van der Waals surface area contributed by atoms with Crippen molar-refractivity contribution in [2.24, 2.45) is 11.3 Å². The lowest BCUT2D eigenvalue weighted by Crippen LogP contribution is -2.29. The van der Waals surface area contributed by atoms with E-state index in [1.54, 1.807) is 0 Å². The summed E-state index contributed by atoms with van der Waals surface area (Å²) in [7, 11) is 0. The minimum absolute atomic E-state index is 0.0643. The van der Waals surface area contributed by atoms with Crippen LogP contribution in [0, 0.1) is 11.3 Å². The standard InChI is InChI=1S/C15H18O2/c16-13-8-4-5-9-15(13)10-12(15)14(17)11-6-2-1-3-7-11/h1-3,6-7,12-13,16H,4-5,8-10H2/t12-,13-,15-/m1/s1. The zero-order chi connectivity index (χ0) is 11.9. The van der Waals surface area contributed by atoms with Crippen molar-refractivity contribution >= 4 is 5.78 Å². The first-order chi connectivity index (χ1) is 8.24. The van der Waals surface area contributed by atoms with Crippen LogP contribution in [-0.4, -0.2) is 17.0 Å². The molecule has 0 aromatic heterocycles. The summed E-state index contributed by atoms with van der Waals surface area (Å²) in [6.07, 6.45) is 4.80. The summed E-state index contributed by atoms with van der Waals surface area (Å²) in [5.41, 5.74) is 0.734. The zero-order valence-electron chi connectivity index (χ0n) is 9.93. The lowest BCUT2D eigenvalue weighted by atomic mass is 9.80. The van der Waals surface area contributed by atoms with E-state index in [1.807, 2.05) is 30.3 Å². The highest BCUT2D eigenvalue weighted by Gasteiger charge is 2.61. The van der Waals surface area contributed by atoms with Crippen molar-refractivity contribution in [3.05, 3.63) is 35.9 Å². The molecule has 2 aliphatic rings. The average Bonchev–Trinajstić information content (AvgIpc) is 3.09. The first-order valence-electron chi connectivity index (χ1n) is 6.51. The Labute approximate surface area is 102 Å². The van der Waals surface area contributed by atoms with E-state index in [9.17, 15) is 9.90 Å². The molecule has 0 radical (unpaired) electrons. The van der Waals surface area contributed by atoms with Crippen molar-refractivity contribution in [1.82, 2.24) is 0 Å². The van der Waals surface area contributed by atoms with Gasteiger partial charge < -0.3 is 5.11 Å². The van der Waals surface area contributed by atoms with Crippen LogP contribution in [0.4, 0.5) is 0 Å².